The highest BCUT2D eigenvalue weighted by molar-refractivity contribution is 5.91. The standard InChI is InChI=1S/C27H44N2O5/c1-6-7-14-28-26(32)29(19-27(3,4)5)15-16-33-22-12-9-13-23(17-22)34-18-21-11-8-10-20(2)24(21)25(30)31/h8,10-11,22-23H,6-7,9,12-19H2,1-5H3,(H,28,32)(H,30,31)/t22-,23+/m0/s1. The summed E-state index contributed by atoms with van der Waals surface area (Å²) in [5.74, 6) is -0.917. The van der Waals surface area contributed by atoms with Gasteiger partial charge in [0, 0.05) is 19.6 Å². The second-order valence-electron chi connectivity index (χ2n) is 10.6. The van der Waals surface area contributed by atoms with E-state index < -0.39 is 5.97 Å². The van der Waals surface area contributed by atoms with Crippen LogP contribution in [0.2, 0.25) is 0 Å². The van der Waals surface area contributed by atoms with E-state index in [-0.39, 0.29) is 30.3 Å². The van der Waals surface area contributed by atoms with Crippen LogP contribution in [0, 0.1) is 12.3 Å². The van der Waals surface area contributed by atoms with Gasteiger partial charge in [-0.05, 0) is 55.6 Å². The number of rotatable bonds is 12. The van der Waals surface area contributed by atoms with Crippen LogP contribution in [0.15, 0.2) is 18.2 Å². The van der Waals surface area contributed by atoms with Crippen LogP contribution in [-0.2, 0) is 16.1 Å². The molecule has 1 aliphatic carbocycles. The van der Waals surface area contributed by atoms with Gasteiger partial charge in [-0.15, -0.1) is 0 Å². The van der Waals surface area contributed by atoms with Gasteiger partial charge in [-0.3, -0.25) is 0 Å². The Morgan fingerprint density at radius 3 is 2.53 bits per heavy atom. The van der Waals surface area contributed by atoms with Gasteiger partial charge in [0.25, 0.3) is 0 Å². The van der Waals surface area contributed by atoms with Crippen LogP contribution in [0.25, 0.3) is 0 Å². The van der Waals surface area contributed by atoms with Gasteiger partial charge in [0.15, 0.2) is 0 Å². The van der Waals surface area contributed by atoms with Crippen molar-refractivity contribution in [1.82, 2.24) is 10.2 Å². The monoisotopic (exact) mass is 476 g/mol. The second kappa shape index (κ2) is 13.7. The molecule has 0 spiro atoms. The van der Waals surface area contributed by atoms with Gasteiger partial charge >= 0.3 is 12.0 Å². The third kappa shape index (κ3) is 9.63. The molecule has 2 amide bonds. The van der Waals surface area contributed by atoms with E-state index >= 15 is 0 Å². The number of benzene rings is 1. The summed E-state index contributed by atoms with van der Waals surface area (Å²) in [6.07, 6.45) is 5.89. The fourth-order valence-electron chi connectivity index (χ4n) is 4.41. The molecule has 0 saturated heterocycles. The van der Waals surface area contributed by atoms with Crippen molar-refractivity contribution in [1.29, 1.82) is 0 Å². The quantitative estimate of drug-likeness (QED) is 0.395. The molecule has 1 fully saturated rings. The minimum absolute atomic E-state index is 0.0104. The number of carbonyl (C=O) groups is 2. The molecule has 1 aromatic rings. The zero-order valence-electron chi connectivity index (χ0n) is 21.7. The van der Waals surface area contributed by atoms with Crippen LogP contribution < -0.4 is 5.32 Å². The largest absolute Gasteiger partial charge is 0.478 e. The fraction of sp³-hybridized carbons (Fsp3) is 0.704. The Labute approximate surface area is 205 Å². The summed E-state index contributed by atoms with van der Waals surface area (Å²) in [7, 11) is 0. The molecule has 34 heavy (non-hydrogen) atoms. The maximum absolute atomic E-state index is 12.6. The van der Waals surface area contributed by atoms with E-state index in [9.17, 15) is 14.7 Å². The highest BCUT2D eigenvalue weighted by atomic mass is 16.5. The molecule has 1 aromatic carbocycles. The number of carboxylic acids is 1. The molecule has 7 nitrogen and oxygen atoms in total. The molecule has 0 unspecified atom stereocenters. The Morgan fingerprint density at radius 2 is 1.88 bits per heavy atom. The van der Waals surface area contributed by atoms with Gasteiger partial charge in [-0.2, -0.15) is 0 Å². The lowest BCUT2D eigenvalue weighted by Gasteiger charge is -2.32. The van der Waals surface area contributed by atoms with Crippen molar-refractivity contribution in [3.63, 3.8) is 0 Å². The van der Waals surface area contributed by atoms with Crippen LogP contribution in [0.1, 0.15) is 87.7 Å². The number of hydrogen-bond donors (Lipinski definition) is 2. The summed E-state index contributed by atoms with van der Waals surface area (Å²) in [5.41, 5.74) is 1.80. The van der Waals surface area contributed by atoms with Gasteiger partial charge in [-0.25, -0.2) is 9.59 Å². The Kier molecular flexibility index (Phi) is 11.3. The molecule has 1 saturated carbocycles. The highest BCUT2D eigenvalue weighted by Gasteiger charge is 2.25. The van der Waals surface area contributed by atoms with E-state index in [0.717, 1.165) is 44.1 Å². The van der Waals surface area contributed by atoms with E-state index in [1.165, 1.54) is 0 Å². The molecule has 2 rings (SSSR count). The summed E-state index contributed by atoms with van der Waals surface area (Å²) in [6, 6.07) is 5.48. The van der Waals surface area contributed by atoms with Crippen molar-refractivity contribution < 1.29 is 24.2 Å². The predicted octanol–water partition coefficient (Wildman–Crippen LogP) is 5.40. The number of amides is 2. The van der Waals surface area contributed by atoms with Gasteiger partial charge in [-0.1, -0.05) is 52.3 Å². The maximum Gasteiger partial charge on any atom is 0.336 e. The molecule has 0 aromatic heterocycles. The van der Waals surface area contributed by atoms with Crippen LogP contribution >= 0.6 is 0 Å². The Hall–Kier alpha value is -2.12. The first-order valence-electron chi connectivity index (χ1n) is 12.7. The van der Waals surface area contributed by atoms with Crippen molar-refractivity contribution in [2.75, 3.05) is 26.2 Å². The van der Waals surface area contributed by atoms with Crippen molar-refractivity contribution in [2.24, 2.45) is 5.41 Å². The first kappa shape index (κ1) is 28.1. The minimum atomic E-state index is -0.917. The third-order valence-corrected chi connectivity index (χ3v) is 6.10. The normalized spacial score (nSPS) is 18.5. The zero-order chi connectivity index (χ0) is 25.1. The molecule has 2 atom stereocenters. The van der Waals surface area contributed by atoms with Gasteiger partial charge in [0.05, 0.1) is 31.0 Å². The highest BCUT2D eigenvalue weighted by Crippen LogP contribution is 2.25. The average molecular weight is 477 g/mol. The van der Waals surface area contributed by atoms with Crippen molar-refractivity contribution in [3.05, 3.63) is 34.9 Å². The Balaban J connectivity index is 1.84. The summed E-state index contributed by atoms with van der Waals surface area (Å²) in [6.45, 7) is 13.0. The number of nitrogens with zero attached hydrogens (tertiary/aromatic N) is 1. The first-order chi connectivity index (χ1) is 16.1. The molecule has 0 aliphatic heterocycles. The maximum atomic E-state index is 12.6. The van der Waals surface area contributed by atoms with Crippen molar-refractivity contribution >= 4 is 12.0 Å². The molecule has 7 heteroatoms. The van der Waals surface area contributed by atoms with Gasteiger partial charge in [0.1, 0.15) is 0 Å². The molecule has 0 bridgehead atoms. The lowest BCUT2D eigenvalue weighted by molar-refractivity contribution is -0.0529. The van der Waals surface area contributed by atoms with E-state index in [1.54, 1.807) is 0 Å². The van der Waals surface area contributed by atoms with E-state index in [1.807, 2.05) is 30.0 Å². The number of unbranched alkanes of at least 4 members (excludes halogenated alkanes) is 1. The summed E-state index contributed by atoms with van der Waals surface area (Å²) in [4.78, 5) is 26.1. The van der Waals surface area contributed by atoms with Gasteiger partial charge in [0.2, 0.25) is 0 Å². The number of aromatic carboxylic acids is 1. The van der Waals surface area contributed by atoms with Crippen LogP contribution in [-0.4, -0.2) is 60.5 Å². The van der Waals surface area contributed by atoms with Crippen LogP contribution in [0.5, 0.6) is 0 Å². The number of aryl methyl sites for hydroxylation is 1. The lowest BCUT2D eigenvalue weighted by Crippen LogP contribution is -2.46. The molecule has 2 N–H and O–H groups in total. The second-order valence-corrected chi connectivity index (χ2v) is 10.6. The molecular formula is C27H44N2O5. The van der Waals surface area contributed by atoms with E-state index in [4.69, 9.17) is 9.47 Å². The minimum Gasteiger partial charge on any atom is -0.478 e. The first-order valence-corrected chi connectivity index (χ1v) is 12.7. The summed E-state index contributed by atoms with van der Waals surface area (Å²) < 4.78 is 12.3. The Morgan fingerprint density at radius 1 is 1.18 bits per heavy atom. The topological polar surface area (TPSA) is 88.1 Å². The molecule has 1 aliphatic rings. The zero-order valence-corrected chi connectivity index (χ0v) is 21.7. The predicted molar refractivity (Wildman–Crippen MR) is 134 cm³/mol. The lowest BCUT2D eigenvalue weighted by atomic mass is 9.94. The fourth-order valence-corrected chi connectivity index (χ4v) is 4.41. The summed E-state index contributed by atoms with van der Waals surface area (Å²) >= 11 is 0. The Bertz CT molecular complexity index is 790. The summed E-state index contributed by atoms with van der Waals surface area (Å²) in [5, 5.41) is 12.5. The number of carbonyl (C=O) groups excluding carboxylic acids is 1. The molecule has 192 valence electrons. The number of carboxylic acid groups (broad SMARTS) is 1. The average Bonchev–Trinajstić information content (AvgIpc) is 2.76. The van der Waals surface area contributed by atoms with Gasteiger partial charge < -0.3 is 24.8 Å². The number of urea groups is 1. The van der Waals surface area contributed by atoms with Crippen molar-refractivity contribution in [3.8, 4) is 0 Å². The van der Waals surface area contributed by atoms with Crippen molar-refractivity contribution in [2.45, 2.75) is 92.0 Å². The van der Waals surface area contributed by atoms with Crippen LogP contribution in [0.3, 0.4) is 0 Å². The number of ether oxygens (including phenoxy) is 2. The van der Waals surface area contributed by atoms with E-state index in [0.29, 0.717) is 37.4 Å². The number of nitrogens with one attached hydrogen (secondary N) is 1. The molecule has 0 heterocycles. The van der Waals surface area contributed by atoms with Crippen LogP contribution in [0.4, 0.5) is 4.79 Å². The molecule has 0 radical (unpaired) electrons. The molecular weight excluding hydrogens is 432 g/mol. The van der Waals surface area contributed by atoms with E-state index in [2.05, 4.69) is 33.0 Å². The third-order valence-electron chi connectivity index (χ3n) is 6.10. The smallest absolute Gasteiger partial charge is 0.336 e. The number of hydrogen-bond acceptors (Lipinski definition) is 4. The SMILES string of the molecule is CCCCNC(=O)N(CCO[C@H]1CCC[C@@H](OCc2cccc(C)c2C(=O)O)C1)CC(C)(C)C.